The summed E-state index contributed by atoms with van der Waals surface area (Å²) in [5, 5.41) is 14.9. The van der Waals surface area contributed by atoms with E-state index in [2.05, 4.69) is 5.32 Å². The standard InChI is InChI=1S/C40H53NO23/c1-18(42)41-31-28(56-21(4)45)15-40(38(50)53-10,64-34(31)32(58-23(6)47)29(57-22(5)46)16-54-19(2)43)39(51)63-35-33(59-24(7)48)30(17-55-20(3)44)62-37(36(35)60-25(8)49)61-27-13-11-26(52-9)12-14-27/h11-14,28-37,39,51H,15-17H2,1-10H3,(H,41,42)/t28-,29+,30+,31+,32+,33-,34+,35-,36+,37+,39+,40+/m0/s1. The van der Waals surface area contributed by atoms with Crippen molar-refractivity contribution in [2.24, 2.45) is 0 Å². The number of carbonyl (C=O) groups excluding carboxylic acids is 9. The highest BCUT2D eigenvalue weighted by Gasteiger charge is 2.64. The Morgan fingerprint density at radius 3 is 1.78 bits per heavy atom. The van der Waals surface area contributed by atoms with Gasteiger partial charge < -0.3 is 72.0 Å². The second-order valence-corrected chi connectivity index (χ2v) is 14.3. The summed E-state index contributed by atoms with van der Waals surface area (Å²) in [6, 6.07) is 4.31. The maximum absolute atomic E-state index is 14.2. The Bertz CT molecular complexity index is 1850. The molecule has 2 aliphatic heterocycles. The number of benzene rings is 1. The number of amides is 1. The predicted molar refractivity (Wildman–Crippen MR) is 206 cm³/mol. The van der Waals surface area contributed by atoms with Crippen LogP contribution >= 0.6 is 0 Å². The Balaban J connectivity index is 2.35. The average Bonchev–Trinajstić information content (AvgIpc) is 3.19. The Hall–Kier alpha value is -6.11. The summed E-state index contributed by atoms with van der Waals surface area (Å²) < 4.78 is 72.9. The maximum Gasteiger partial charge on any atom is 0.343 e. The van der Waals surface area contributed by atoms with Crippen LogP contribution in [0, 0.1) is 0 Å². The number of nitrogens with one attached hydrogen (secondary N) is 1. The minimum atomic E-state index is -2.95. The van der Waals surface area contributed by atoms with Gasteiger partial charge in [0.05, 0.1) is 20.3 Å². The van der Waals surface area contributed by atoms with Gasteiger partial charge in [-0.2, -0.15) is 0 Å². The highest BCUT2D eigenvalue weighted by molar-refractivity contribution is 5.81. The van der Waals surface area contributed by atoms with Crippen LogP contribution in [0.3, 0.4) is 0 Å². The van der Waals surface area contributed by atoms with Gasteiger partial charge in [0.2, 0.25) is 17.8 Å². The Kier molecular flexibility index (Phi) is 19.2. The van der Waals surface area contributed by atoms with E-state index in [-0.39, 0.29) is 5.75 Å². The van der Waals surface area contributed by atoms with Gasteiger partial charge in [-0.25, -0.2) is 4.79 Å². The van der Waals surface area contributed by atoms with E-state index in [1.165, 1.54) is 31.4 Å². The molecule has 0 bridgehead atoms. The molecule has 0 spiro atoms. The fourth-order valence-corrected chi connectivity index (χ4v) is 6.89. The van der Waals surface area contributed by atoms with E-state index in [4.69, 9.17) is 61.6 Å². The fourth-order valence-electron chi connectivity index (χ4n) is 6.89. The minimum absolute atomic E-state index is 0.0877. The summed E-state index contributed by atoms with van der Waals surface area (Å²) in [4.78, 5) is 114. The lowest BCUT2D eigenvalue weighted by atomic mass is 9.82. The van der Waals surface area contributed by atoms with Gasteiger partial charge in [-0.3, -0.25) is 38.4 Å². The molecule has 0 aliphatic carbocycles. The third-order valence-electron chi connectivity index (χ3n) is 9.23. The van der Waals surface area contributed by atoms with Crippen LogP contribution in [0.4, 0.5) is 0 Å². The van der Waals surface area contributed by atoms with Gasteiger partial charge in [-0.05, 0) is 24.3 Å². The van der Waals surface area contributed by atoms with E-state index >= 15 is 0 Å². The Morgan fingerprint density at radius 1 is 0.719 bits per heavy atom. The van der Waals surface area contributed by atoms with Crippen LogP contribution in [0.5, 0.6) is 11.5 Å². The summed E-state index contributed by atoms with van der Waals surface area (Å²) >= 11 is 0. The van der Waals surface area contributed by atoms with Gasteiger partial charge in [0.15, 0.2) is 30.7 Å². The van der Waals surface area contributed by atoms with Crippen molar-refractivity contribution >= 4 is 53.7 Å². The van der Waals surface area contributed by atoms with Crippen LogP contribution in [0.2, 0.25) is 0 Å². The predicted octanol–water partition coefficient (Wildman–Crippen LogP) is -0.507. The Morgan fingerprint density at radius 2 is 1.28 bits per heavy atom. The van der Waals surface area contributed by atoms with Crippen LogP contribution < -0.4 is 14.8 Å². The van der Waals surface area contributed by atoms with Crippen LogP contribution in [-0.2, 0) is 95.3 Å². The number of aliphatic hydroxyl groups excluding tert-OH is 1. The van der Waals surface area contributed by atoms with Gasteiger partial charge in [0, 0.05) is 61.8 Å². The van der Waals surface area contributed by atoms with Gasteiger partial charge >= 0.3 is 47.8 Å². The number of esters is 8. The van der Waals surface area contributed by atoms with Crippen molar-refractivity contribution in [2.75, 3.05) is 27.4 Å². The topological polar surface area (TPSA) is 306 Å². The quantitative estimate of drug-likeness (QED) is 0.100. The van der Waals surface area contributed by atoms with Crippen molar-refractivity contribution in [2.45, 2.75) is 135 Å². The lowest BCUT2D eigenvalue weighted by molar-refractivity contribution is -0.344. The van der Waals surface area contributed by atoms with E-state index in [1.54, 1.807) is 0 Å². The van der Waals surface area contributed by atoms with Gasteiger partial charge in [0.25, 0.3) is 0 Å². The summed E-state index contributed by atoms with van der Waals surface area (Å²) in [5.41, 5.74) is -2.95. The highest BCUT2D eigenvalue weighted by atomic mass is 16.7. The zero-order valence-electron chi connectivity index (χ0n) is 36.7. The number of rotatable bonds is 19. The lowest BCUT2D eigenvalue weighted by Crippen LogP contribution is -2.72. The van der Waals surface area contributed by atoms with Gasteiger partial charge in [0.1, 0.15) is 49.1 Å². The smallest absolute Gasteiger partial charge is 0.343 e. The van der Waals surface area contributed by atoms with Crippen LogP contribution in [-0.4, -0.2) is 159 Å². The van der Waals surface area contributed by atoms with Crippen molar-refractivity contribution in [1.82, 2.24) is 5.32 Å². The zero-order chi connectivity index (χ0) is 48.1. The second-order valence-electron chi connectivity index (χ2n) is 14.3. The zero-order valence-corrected chi connectivity index (χ0v) is 36.7. The minimum Gasteiger partial charge on any atom is -0.497 e. The van der Waals surface area contributed by atoms with Crippen molar-refractivity contribution in [1.29, 1.82) is 0 Å². The molecule has 12 atom stereocenters. The number of aliphatic hydroxyl groups is 1. The number of ether oxygens (including phenoxy) is 13. The first kappa shape index (κ1) is 52.2. The van der Waals surface area contributed by atoms with E-state index in [9.17, 15) is 48.3 Å². The second kappa shape index (κ2) is 23.5. The molecule has 2 heterocycles. The number of hydrogen-bond donors (Lipinski definition) is 2. The van der Waals surface area contributed by atoms with Crippen molar-refractivity contribution < 1.29 is 110 Å². The normalized spacial score (nSPS) is 26.5. The van der Waals surface area contributed by atoms with Crippen LogP contribution in [0.15, 0.2) is 24.3 Å². The molecule has 0 radical (unpaired) electrons. The average molecular weight is 916 g/mol. The number of hydrogen-bond acceptors (Lipinski definition) is 23. The molecular weight excluding hydrogens is 862 g/mol. The molecule has 24 nitrogen and oxygen atoms in total. The van der Waals surface area contributed by atoms with Crippen molar-refractivity contribution in [3.05, 3.63) is 24.3 Å². The van der Waals surface area contributed by atoms with Gasteiger partial charge in [-0.15, -0.1) is 0 Å². The molecule has 1 amide bonds. The summed E-state index contributed by atoms with van der Waals surface area (Å²) in [6.07, 6.45) is -19.9. The van der Waals surface area contributed by atoms with Gasteiger partial charge in [-0.1, -0.05) is 0 Å². The molecule has 2 aliphatic rings. The third kappa shape index (κ3) is 14.5. The SMILES string of the molecule is COC(=O)[C@@]1([C@H](O)O[C@H]2[C@@H](OC(C)=O)[C@@H](COC(C)=O)O[C@@H](Oc3ccc(OC)cc3)[C@@H]2OC(C)=O)C[C@H](OC(C)=O)[C@@H](NC(C)=O)[C@H]([C@H](OC(C)=O)[C@@H](COC(C)=O)OC(C)=O)O1. The molecule has 0 aromatic heterocycles. The monoisotopic (exact) mass is 915 g/mol. The molecule has 0 saturated carbocycles. The first-order valence-corrected chi connectivity index (χ1v) is 19.5. The number of carbonyl (C=O) groups is 9. The molecule has 1 aromatic carbocycles. The summed E-state index contributed by atoms with van der Waals surface area (Å²) in [5.74, 6) is -8.47. The molecule has 24 heteroatoms. The lowest BCUT2D eigenvalue weighted by Gasteiger charge is -2.51. The molecule has 2 N–H and O–H groups in total. The molecule has 2 fully saturated rings. The van der Waals surface area contributed by atoms with Crippen molar-refractivity contribution in [3.8, 4) is 11.5 Å². The molecular formula is C40H53NO23. The van der Waals surface area contributed by atoms with Crippen LogP contribution in [0.1, 0.15) is 61.8 Å². The first-order chi connectivity index (χ1) is 30.0. The Labute approximate surface area is 366 Å². The third-order valence-corrected chi connectivity index (χ3v) is 9.23. The summed E-state index contributed by atoms with van der Waals surface area (Å²) in [7, 11) is 2.29. The van der Waals surface area contributed by atoms with Crippen molar-refractivity contribution in [3.63, 3.8) is 0 Å². The molecule has 0 unspecified atom stereocenters. The molecule has 356 valence electrons. The largest absolute Gasteiger partial charge is 0.497 e. The summed E-state index contributed by atoms with van der Waals surface area (Å²) in [6.45, 7) is 6.51. The number of methoxy groups -OCH3 is 2. The van der Waals surface area contributed by atoms with E-state index in [0.29, 0.717) is 5.75 Å². The van der Waals surface area contributed by atoms with E-state index in [1.807, 2.05) is 0 Å². The molecule has 2 saturated heterocycles. The van der Waals surface area contributed by atoms with Crippen LogP contribution in [0.25, 0.3) is 0 Å². The first-order valence-electron chi connectivity index (χ1n) is 19.5. The maximum atomic E-state index is 14.2. The molecule has 1 aromatic rings. The van der Waals surface area contributed by atoms with E-state index < -0.39 is 146 Å². The molecule has 3 rings (SSSR count). The fraction of sp³-hybridized carbons (Fsp3) is 0.625. The van der Waals surface area contributed by atoms with E-state index in [0.717, 1.165) is 62.5 Å². The molecule has 64 heavy (non-hydrogen) atoms. The highest BCUT2D eigenvalue weighted by Crippen LogP contribution is 2.41.